The van der Waals surface area contributed by atoms with Gasteiger partial charge in [0.15, 0.2) is 5.60 Å². The van der Waals surface area contributed by atoms with E-state index in [4.69, 9.17) is 10.00 Å². The molecule has 35 heavy (non-hydrogen) atoms. The average molecular weight is 487 g/mol. The number of ether oxygens (including phenoxy) is 1. The van der Waals surface area contributed by atoms with Gasteiger partial charge in [0, 0.05) is 17.0 Å². The van der Waals surface area contributed by atoms with Crippen molar-refractivity contribution in [2.24, 2.45) is 5.41 Å². The Labute approximate surface area is 197 Å². The van der Waals surface area contributed by atoms with E-state index in [0.717, 1.165) is 28.7 Å². The predicted molar refractivity (Wildman–Crippen MR) is 113 cm³/mol. The first-order chi connectivity index (χ1) is 16.6. The molecule has 1 unspecified atom stereocenters. The van der Waals surface area contributed by atoms with Crippen molar-refractivity contribution < 1.29 is 27.4 Å². The zero-order valence-corrected chi connectivity index (χ0v) is 18.5. The summed E-state index contributed by atoms with van der Waals surface area (Å²) in [6, 6.07) is 11.2. The molecule has 3 aromatic rings. The summed E-state index contributed by atoms with van der Waals surface area (Å²) in [4.78, 5) is 0. The topological polar surface area (TPSA) is 96.8 Å². The Balaban J connectivity index is 1.41. The van der Waals surface area contributed by atoms with Crippen LogP contribution < -0.4 is 4.74 Å². The zero-order valence-electron chi connectivity index (χ0n) is 18.5. The van der Waals surface area contributed by atoms with E-state index in [1.165, 1.54) is 0 Å². The highest BCUT2D eigenvalue weighted by Gasteiger charge is 2.82. The Morgan fingerprint density at radius 3 is 2.43 bits per heavy atom. The largest absolute Gasteiger partial charge is 0.493 e. The van der Waals surface area contributed by atoms with E-state index in [2.05, 4.69) is 15.5 Å². The van der Waals surface area contributed by atoms with Gasteiger partial charge in [0.05, 0.1) is 19.0 Å². The van der Waals surface area contributed by atoms with Crippen LogP contribution in [-0.2, 0) is 17.6 Å². The van der Waals surface area contributed by atoms with Crippen LogP contribution in [-0.4, -0.2) is 37.8 Å². The number of nitriles is 1. The minimum Gasteiger partial charge on any atom is -0.493 e. The van der Waals surface area contributed by atoms with Crippen LogP contribution in [0.2, 0.25) is 0 Å². The molecule has 3 saturated carbocycles. The van der Waals surface area contributed by atoms with Gasteiger partial charge in [0.25, 0.3) is 5.92 Å². The number of hydrogen-bond acceptors (Lipinski definition) is 6. The van der Waals surface area contributed by atoms with Crippen LogP contribution in [0.4, 0.5) is 17.6 Å². The molecule has 3 aliphatic carbocycles. The van der Waals surface area contributed by atoms with E-state index in [0.29, 0.717) is 11.8 Å². The standard InChI is InChI=1S/C24H21F4N5O2/c25-17-4-7-19(20(26)10-17)23(34,14-33-15-30-31-32-33)24(27,28)22-11-21(12-22,13-22)16-2-5-18(6-3-16)35-9-1-8-29/h2-7,10,15,34H,1,9,11-14H2. The van der Waals surface area contributed by atoms with Gasteiger partial charge in [0.2, 0.25) is 0 Å². The fourth-order valence-electron chi connectivity index (χ4n) is 5.65. The lowest BCUT2D eigenvalue weighted by molar-refractivity contribution is -0.347. The molecular weight excluding hydrogens is 466 g/mol. The van der Waals surface area contributed by atoms with E-state index in [9.17, 15) is 13.9 Å². The number of nitrogens with zero attached hydrogens (tertiary/aromatic N) is 5. The number of aliphatic hydroxyl groups is 1. The summed E-state index contributed by atoms with van der Waals surface area (Å²) in [5.41, 5.74) is -4.87. The minimum absolute atomic E-state index is 0.0996. The van der Waals surface area contributed by atoms with E-state index in [-0.39, 0.29) is 32.3 Å². The van der Waals surface area contributed by atoms with Gasteiger partial charge in [-0.25, -0.2) is 22.2 Å². The molecule has 6 rings (SSSR count). The van der Waals surface area contributed by atoms with Gasteiger partial charge in [-0.2, -0.15) is 5.26 Å². The highest BCUT2D eigenvalue weighted by atomic mass is 19.3. The third-order valence-corrected chi connectivity index (χ3v) is 7.32. The first kappa shape index (κ1) is 23.2. The van der Waals surface area contributed by atoms with Crippen LogP contribution in [0, 0.1) is 28.4 Å². The zero-order chi connectivity index (χ0) is 24.9. The SMILES string of the molecule is N#CCCOc1ccc(C23CC(C(F)(F)C(O)(Cn4cnnn4)c4ccc(F)cc4F)(C2)C3)cc1. The Kier molecular flexibility index (Phi) is 5.32. The summed E-state index contributed by atoms with van der Waals surface area (Å²) in [7, 11) is 0. The molecule has 1 heterocycles. The number of tetrazole rings is 1. The van der Waals surface area contributed by atoms with Crippen molar-refractivity contribution >= 4 is 0 Å². The molecular formula is C24H21F4N5O2. The third-order valence-electron chi connectivity index (χ3n) is 7.32. The van der Waals surface area contributed by atoms with E-state index >= 15 is 8.78 Å². The number of hydrogen-bond donors (Lipinski definition) is 1. The lowest BCUT2D eigenvalue weighted by atomic mass is 9.30. The number of rotatable bonds is 9. The Morgan fingerprint density at radius 1 is 1.11 bits per heavy atom. The average Bonchev–Trinajstić information content (AvgIpc) is 3.25. The first-order valence-corrected chi connectivity index (χ1v) is 11.0. The molecule has 1 N–H and O–H groups in total. The Morgan fingerprint density at radius 2 is 1.83 bits per heavy atom. The molecule has 182 valence electrons. The lowest BCUT2D eigenvalue weighted by Gasteiger charge is -2.74. The molecule has 0 radical (unpaired) electrons. The molecule has 0 saturated heterocycles. The lowest BCUT2D eigenvalue weighted by Crippen LogP contribution is -2.76. The second-order valence-corrected chi connectivity index (χ2v) is 9.44. The van der Waals surface area contributed by atoms with Crippen molar-refractivity contribution in [1.29, 1.82) is 5.26 Å². The van der Waals surface area contributed by atoms with Gasteiger partial charge in [-0.05, 0) is 64.9 Å². The van der Waals surface area contributed by atoms with Crippen LogP contribution in [0.25, 0.3) is 0 Å². The van der Waals surface area contributed by atoms with Gasteiger partial charge >= 0.3 is 0 Å². The molecule has 0 spiro atoms. The number of aromatic nitrogens is 4. The van der Waals surface area contributed by atoms with Crippen LogP contribution in [0.5, 0.6) is 5.75 Å². The monoisotopic (exact) mass is 487 g/mol. The maximum absolute atomic E-state index is 16.2. The third kappa shape index (κ3) is 3.46. The van der Waals surface area contributed by atoms with E-state index in [1.807, 2.05) is 18.2 Å². The molecule has 0 aliphatic heterocycles. The molecule has 7 nitrogen and oxygen atoms in total. The maximum Gasteiger partial charge on any atom is 0.287 e. The van der Waals surface area contributed by atoms with Crippen molar-refractivity contribution in [3.8, 4) is 11.8 Å². The highest BCUT2D eigenvalue weighted by Crippen LogP contribution is 2.80. The fourth-order valence-corrected chi connectivity index (χ4v) is 5.65. The summed E-state index contributed by atoms with van der Waals surface area (Å²) in [6.07, 6.45) is 1.60. The van der Waals surface area contributed by atoms with Crippen molar-refractivity contribution in [1.82, 2.24) is 20.2 Å². The number of benzene rings is 2. The molecule has 2 aromatic carbocycles. The molecule has 3 aliphatic rings. The van der Waals surface area contributed by atoms with Crippen molar-refractivity contribution in [3.63, 3.8) is 0 Å². The number of alkyl halides is 2. The normalized spacial score (nSPS) is 24.6. The van der Waals surface area contributed by atoms with Crippen LogP contribution in [0.1, 0.15) is 36.8 Å². The highest BCUT2D eigenvalue weighted by molar-refractivity contribution is 5.44. The second-order valence-electron chi connectivity index (χ2n) is 9.44. The van der Waals surface area contributed by atoms with Crippen LogP contribution in [0.3, 0.4) is 0 Å². The molecule has 11 heteroatoms. The maximum atomic E-state index is 16.2. The van der Waals surface area contributed by atoms with Gasteiger partial charge in [-0.15, -0.1) is 5.10 Å². The molecule has 1 aromatic heterocycles. The van der Waals surface area contributed by atoms with E-state index < -0.39 is 46.1 Å². The number of halogens is 4. The molecule has 2 bridgehead atoms. The molecule has 0 amide bonds. The van der Waals surface area contributed by atoms with Crippen molar-refractivity contribution in [2.45, 2.75) is 49.2 Å². The summed E-state index contributed by atoms with van der Waals surface area (Å²) in [5, 5.41) is 30.4. The summed E-state index contributed by atoms with van der Waals surface area (Å²) in [6.45, 7) is -0.546. The second kappa shape index (κ2) is 8.02. The van der Waals surface area contributed by atoms with Gasteiger partial charge in [-0.1, -0.05) is 12.1 Å². The summed E-state index contributed by atoms with van der Waals surface area (Å²) >= 11 is 0. The van der Waals surface area contributed by atoms with Gasteiger partial charge < -0.3 is 9.84 Å². The van der Waals surface area contributed by atoms with Crippen molar-refractivity contribution in [3.05, 3.63) is 71.6 Å². The summed E-state index contributed by atoms with van der Waals surface area (Å²) in [5.74, 6) is -5.40. The van der Waals surface area contributed by atoms with Crippen LogP contribution >= 0.6 is 0 Å². The molecule has 1 atom stereocenters. The fraction of sp³-hybridized carbons (Fsp3) is 0.417. The minimum atomic E-state index is -3.77. The van der Waals surface area contributed by atoms with E-state index in [1.54, 1.807) is 12.1 Å². The first-order valence-electron chi connectivity index (χ1n) is 11.0. The Hall–Kier alpha value is -3.52. The smallest absolute Gasteiger partial charge is 0.287 e. The Bertz CT molecular complexity index is 1260. The van der Waals surface area contributed by atoms with Crippen molar-refractivity contribution in [2.75, 3.05) is 6.61 Å². The van der Waals surface area contributed by atoms with Gasteiger partial charge in [-0.3, -0.25) is 0 Å². The van der Waals surface area contributed by atoms with Gasteiger partial charge in [0.1, 0.15) is 30.3 Å². The molecule has 3 fully saturated rings. The van der Waals surface area contributed by atoms with Crippen LogP contribution in [0.15, 0.2) is 48.8 Å². The predicted octanol–water partition coefficient (Wildman–Crippen LogP) is 3.89. The quantitative estimate of drug-likeness (QED) is 0.363. The summed E-state index contributed by atoms with van der Waals surface area (Å²) < 4.78 is 66.9.